The van der Waals surface area contributed by atoms with E-state index in [4.69, 9.17) is 4.74 Å². The van der Waals surface area contributed by atoms with Crippen molar-refractivity contribution in [1.29, 1.82) is 0 Å². The number of carbonyl (C=O) groups is 1. The molecule has 192 valence electrons. The second-order valence-electron chi connectivity index (χ2n) is 14.7. The van der Waals surface area contributed by atoms with Gasteiger partial charge in [0, 0.05) is 19.5 Å². The molecule has 6 fully saturated rings. The Hall–Kier alpha value is -0.610. The summed E-state index contributed by atoms with van der Waals surface area (Å²) in [4.78, 5) is 14.2. The van der Waals surface area contributed by atoms with E-state index in [-0.39, 0.29) is 29.6 Å². The molecule has 1 heterocycles. The topological polar surface area (TPSA) is 49.8 Å². The number of ether oxygens (including phenoxy) is 1. The number of fused-ring (bicyclic) bond motifs is 4. The van der Waals surface area contributed by atoms with E-state index in [0.29, 0.717) is 34.2 Å². The van der Waals surface area contributed by atoms with Crippen LogP contribution in [0.5, 0.6) is 0 Å². The molecule has 34 heavy (non-hydrogen) atoms. The lowest BCUT2D eigenvalue weighted by molar-refractivity contribution is -0.141. The number of rotatable bonds is 3. The van der Waals surface area contributed by atoms with Crippen molar-refractivity contribution >= 4 is 5.91 Å². The maximum atomic E-state index is 12.2. The largest absolute Gasteiger partial charge is 0.393 e. The van der Waals surface area contributed by atoms with Crippen molar-refractivity contribution in [3.8, 4) is 0 Å². The molecule has 5 aliphatic carbocycles. The highest BCUT2D eigenvalue weighted by molar-refractivity contribution is 5.73. The lowest BCUT2D eigenvalue weighted by atomic mass is 9.46. The third kappa shape index (κ3) is 2.93. The van der Waals surface area contributed by atoms with E-state index >= 15 is 0 Å². The fraction of sp³-hybridized carbons (Fsp3) is 0.967. The highest BCUT2D eigenvalue weighted by atomic mass is 16.5. The lowest BCUT2D eigenvalue weighted by Gasteiger charge is -2.59. The molecular formula is C30H49NO3. The molecule has 1 aliphatic heterocycles. The maximum Gasteiger partial charge on any atom is 0.219 e. The summed E-state index contributed by atoms with van der Waals surface area (Å²) in [7, 11) is 0. The summed E-state index contributed by atoms with van der Waals surface area (Å²) < 4.78 is 6.85. The van der Waals surface area contributed by atoms with Crippen molar-refractivity contribution in [2.24, 2.45) is 45.3 Å². The van der Waals surface area contributed by atoms with Crippen LogP contribution >= 0.6 is 0 Å². The van der Waals surface area contributed by atoms with Crippen molar-refractivity contribution in [3.63, 3.8) is 0 Å². The van der Waals surface area contributed by atoms with E-state index in [1.165, 1.54) is 51.4 Å². The van der Waals surface area contributed by atoms with Gasteiger partial charge in [-0.15, -0.1) is 0 Å². The number of amides is 1. The van der Waals surface area contributed by atoms with Crippen LogP contribution in [0.25, 0.3) is 0 Å². The van der Waals surface area contributed by atoms with Crippen LogP contribution in [0.3, 0.4) is 0 Å². The van der Waals surface area contributed by atoms with Gasteiger partial charge in [0.2, 0.25) is 5.91 Å². The van der Waals surface area contributed by atoms with E-state index in [9.17, 15) is 9.90 Å². The lowest BCUT2D eigenvalue weighted by Crippen LogP contribution is -2.54. The maximum absolute atomic E-state index is 12.2. The zero-order valence-electron chi connectivity index (χ0n) is 22.6. The predicted octanol–water partition coefficient (Wildman–Crippen LogP) is 5.81. The Morgan fingerprint density at radius 2 is 1.71 bits per heavy atom. The SMILES string of the molecule is CC(=O)N(CC1CCC2C(CC3C4CCC5C(C)(C)[C@@H](O)CCC56C[C@@]46CC[C@]23C)O1)C(C)C. The van der Waals surface area contributed by atoms with Gasteiger partial charge in [-0.2, -0.15) is 0 Å². The number of aliphatic hydroxyl groups excluding tert-OH is 1. The molecule has 2 spiro atoms. The van der Waals surface area contributed by atoms with E-state index < -0.39 is 0 Å². The molecule has 6 rings (SSSR count). The zero-order valence-corrected chi connectivity index (χ0v) is 22.6. The van der Waals surface area contributed by atoms with E-state index in [0.717, 1.165) is 31.2 Å². The number of aliphatic hydroxyl groups is 1. The molecule has 0 aromatic heterocycles. The van der Waals surface area contributed by atoms with Crippen LogP contribution in [0.4, 0.5) is 0 Å². The number of carbonyl (C=O) groups excluding carboxylic acids is 1. The van der Waals surface area contributed by atoms with Crippen molar-refractivity contribution in [2.75, 3.05) is 6.54 Å². The van der Waals surface area contributed by atoms with Gasteiger partial charge in [-0.05, 0) is 123 Å². The quantitative estimate of drug-likeness (QED) is 0.565. The first kappa shape index (κ1) is 23.8. The van der Waals surface area contributed by atoms with E-state index in [2.05, 4.69) is 34.6 Å². The molecule has 0 bridgehead atoms. The first-order valence-electron chi connectivity index (χ1n) is 14.6. The Kier molecular flexibility index (Phi) is 5.22. The predicted molar refractivity (Wildman–Crippen MR) is 134 cm³/mol. The third-order valence-electron chi connectivity index (χ3n) is 13.1. The standard InChI is InChI=1S/C30H49NO3/c1-18(2)31(19(3)32)16-20-7-8-22-24(34-20)15-23-21-9-10-25-27(4,5)26(33)11-12-30(25)17-29(21,30)14-13-28(22,23)6/h18,20-26,33H,7-17H2,1-6H3/t20?,21?,22?,23?,24?,25?,26-,28+,29-,30?/m0/s1. The fourth-order valence-electron chi connectivity index (χ4n) is 11.4. The third-order valence-corrected chi connectivity index (χ3v) is 13.1. The van der Waals surface area contributed by atoms with Gasteiger partial charge in [0.05, 0.1) is 18.3 Å². The normalized spacial score (nSPS) is 52.6. The van der Waals surface area contributed by atoms with Gasteiger partial charge < -0.3 is 14.7 Å². The van der Waals surface area contributed by atoms with Crippen molar-refractivity contribution in [1.82, 2.24) is 4.90 Å². The van der Waals surface area contributed by atoms with Crippen molar-refractivity contribution in [2.45, 2.75) is 130 Å². The smallest absolute Gasteiger partial charge is 0.219 e. The molecular weight excluding hydrogens is 422 g/mol. The zero-order chi connectivity index (χ0) is 24.3. The molecule has 0 aromatic carbocycles. The second kappa shape index (κ2) is 7.46. The molecule has 6 aliphatic rings. The van der Waals surface area contributed by atoms with Crippen molar-refractivity contribution < 1.29 is 14.6 Å². The Bertz CT molecular complexity index is 854. The van der Waals surface area contributed by atoms with Crippen LogP contribution < -0.4 is 0 Å². The van der Waals surface area contributed by atoms with Gasteiger partial charge in [-0.1, -0.05) is 20.8 Å². The first-order chi connectivity index (χ1) is 16.0. The Balaban J connectivity index is 1.21. The monoisotopic (exact) mass is 471 g/mol. The average molecular weight is 472 g/mol. The number of hydrogen-bond acceptors (Lipinski definition) is 3. The van der Waals surface area contributed by atoms with Gasteiger partial charge in [-0.25, -0.2) is 0 Å². The highest BCUT2D eigenvalue weighted by Gasteiger charge is 2.80. The van der Waals surface area contributed by atoms with Gasteiger partial charge in [0.15, 0.2) is 0 Å². The summed E-state index contributed by atoms with van der Waals surface area (Å²) in [5.74, 6) is 3.26. The summed E-state index contributed by atoms with van der Waals surface area (Å²) in [5, 5.41) is 10.8. The van der Waals surface area contributed by atoms with Gasteiger partial charge in [0.1, 0.15) is 0 Å². The summed E-state index contributed by atoms with van der Waals surface area (Å²) >= 11 is 0. The molecule has 1 amide bonds. The molecule has 1 N–H and O–H groups in total. The molecule has 4 heteroatoms. The van der Waals surface area contributed by atoms with E-state index in [1.807, 2.05) is 4.90 Å². The van der Waals surface area contributed by atoms with Crippen LogP contribution in [0.1, 0.15) is 106 Å². The summed E-state index contributed by atoms with van der Waals surface area (Å²) in [6.07, 6.45) is 13.3. The summed E-state index contributed by atoms with van der Waals surface area (Å²) in [6, 6.07) is 0.238. The van der Waals surface area contributed by atoms with Crippen LogP contribution in [0, 0.1) is 45.3 Å². The van der Waals surface area contributed by atoms with Crippen LogP contribution in [0.15, 0.2) is 0 Å². The number of nitrogens with zero attached hydrogens (tertiary/aromatic N) is 1. The van der Waals surface area contributed by atoms with Crippen molar-refractivity contribution in [3.05, 3.63) is 0 Å². The van der Waals surface area contributed by atoms with Gasteiger partial charge in [-0.3, -0.25) is 4.79 Å². The van der Waals surface area contributed by atoms with Crippen LogP contribution in [-0.4, -0.2) is 46.8 Å². The minimum atomic E-state index is -0.119. The second-order valence-corrected chi connectivity index (χ2v) is 14.7. The van der Waals surface area contributed by atoms with E-state index in [1.54, 1.807) is 6.92 Å². The first-order valence-corrected chi connectivity index (χ1v) is 14.6. The van der Waals surface area contributed by atoms with Crippen LogP contribution in [0.2, 0.25) is 0 Å². The van der Waals surface area contributed by atoms with Crippen LogP contribution in [-0.2, 0) is 9.53 Å². The molecule has 5 saturated carbocycles. The molecule has 10 atom stereocenters. The summed E-state index contributed by atoms with van der Waals surface area (Å²) in [5.41, 5.74) is 1.60. The van der Waals surface area contributed by atoms with Gasteiger partial charge >= 0.3 is 0 Å². The Morgan fingerprint density at radius 1 is 0.971 bits per heavy atom. The molecule has 0 radical (unpaired) electrons. The minimum absolute atomic E-state index is 0.0759. The molecule has 1 saturated heterocycles. The molecule has 0 aromatic rings. The minimum Gasteiger partial charge on any atom is -0.393 e. The summed E-state index contributed by atoms with van der Waals surface area (Å²) in [6.45, 7) is 14.0. The number of hydrogen-bond donors (Lipinski definition) is 1. The highest BCUT2D eigenvalue weighted by Crippen LogP contribution is 2.87. The Labute approximate surface area is 207 Å². The fourth-order valence-corrected chi connectivity index (χ4v) is 11.4. The Morgan fingerprint density at radius 3 is 2.41 bits per heavy atom. The molecule has 7 unspecified atom stereocenters. The molecule has 4 nitrogen and oxygen atoms in total. The average Bonchev–Trinajstić information content (AvgIpc) is 3.35. The van der Waals surface area contributed by atoms with Gasteiger partial charge in [0.25, 0.3) is 0 Å².